The van der Waals surface area contributed by atoms with Gasteiger partial charge in [0.15, 0.2) is 11.6 Å². The van der Waals surface area contributed by atoms with Crippen molar-refractivity contribution < 1.29 is 19.1 Å². The number of furan rings is 1. The van der Waals surface area contributed by atoms with Crippen LogP contribution in [0.5, 0.6) is 0 Å². The van der Waals surface area contributed by atoms with Crippen LogP contribution in [0.1, 0.15) is 39.7 Å². The monoisotopic (exact) mass is 251 g/mol. The van der Waals surface area contributed by atoms with Gasteiger partial charge in [-0.25, -0.2) is 4.79 Å². The fourth-order valence-corrected chi connectivity index (χ4v) is 1.25. The number of rotatable bonds is 4. The van der Waals surface area contributed by atoms with E-state index < -0.39 is 17.9 Å². The molecule has 0 radical (unpaired) electrons. The molecule has 0 aliphatic heterocycles. The number of aromatic carboxylic acids is 1. The smallest absolute Gasteiger partial charge is 0.338 e. The standard InChI is InChI=1S/C9H9N5O4/c1-4(7-11-13-14-12-7)10-8(15)6-2-5(3-18-6)9(16)17/h2-4H,1H3,(H,10,15)(H,16,17)(H,11,12,13,14). The summed E-state index contributed by atoms with van der Waals surface area (Å²) in [4.78, 5) is 22.3. The van der Waals surface area contributed by atoms with E-state index >= 15 is 0 Å². The van der Waals surface area contributed by atoms with Gasteiger partial charge < -0.3 is 14.8 Å². The molecule has 18 heavy (non-hydrogen) atoms. The average Bonchev–Trinajstić information content (AvgIpc) is 3.00. The van der Waals surface area contributed by atoms with Gasteiger partial charge in [-0.2, -0.15) is 5.21 Å². The second-order valence-corrected chi connectivity index (χ2v) is 3.47. The molecular weight excluding hydrogens is 242 g/mol. The molecule has 0 aliphatic rings. The molecule has 9 heteroatoms. The first-order valence-electron chi connectivity index (χ1n) is 4.94. The van der Waals surface area contributed by atoms with Gasteiger partial charge in [-0.15, -0.1) is 10.2 Å². The number of H-pyrrole nitrogens is 1. The second kappa shape index (κ2) is 4.65. The van der Waals surface area contributed by atoms with Crippen LogP contribution in [0.4, 0.5) is 0 Å². The highest BCUT2D eigenvalue weighted by atomic mass is 16.4. The molecule has 9 nitrogen and oxygen atoms in total. The van der Waals surface area contributed by atoms with Gasteiger partial charge in [0.2, 0.25) is 0 Å². The maximum atomic E-state index is 11.7. The van der Waals surface area contributed by atoms with Crippen LogP contribution < -0.4 is 5.32 Å². The number of tetrazole rings is 1. The van der Waals surface area contributed by atoms with Crippen LogP contribution in [0.3, 0.4) is 0 Å². The molecule has 0 fully saturated rings. The number of nitrogens with one attached hydrogen (secondary N) is 2. The Morgan fingerprint density at radius 3 is 2.89 bits per heavy atom. The molecule has 2 aromatic rings. The first-order chi connectivity index (χ1) is 8.58. The number of hydrogen-bond acceptors (Lipinski definition) is 6. The maximum absolute atomic E-state index is 11.7. The van der Waals surface area contributed by atoms with E-state index in [1.54, 1.807) is 6.92 Å². The molecule has 1 amide bonds. The van der Waals surface area contributed by atoms with Crippen LogP contribution in [0.2, 0.25) is 0 Å². The summed E-state index contributed by atoms with van der Waals surface area (Å²) in [6.45, 7) is 1.66. The van der Waals surface area contributed by atoms with E-state index in [4.69, 9.17) is 9.52 Å². The van der Waals surface area contributed by atoms with Crippen LogP contribution in [0.25, 0.3) is 0 Å². The third-order valence-electron chi connectivity index (χ3n) is 2.17. The Morgan fingerprint density at radius 2 is 2.33 bits per heavy atom. The van der Waals surface area contributed by atoms with E-state index in [1.807, 2.05) is 0 Å². The highest BCUT2D eigenvalue weighted by molar-refractivity contribution is 5.95. The Bertz CT molecular complexity index is 561. The number of carboxylic acids is 1. The number of carbonyl (C=O) groups is 2. The number of carbonyl (C=O) groups excluding carboxylic acids is 1. The van der Waals surface area contributed by atoms with E-state index in [1.165, 1.54) is 0 Å². The molecule has 0 aliphatic carbocycles. The first kappa shape index (κ1) is 11.8. The molecule has 1 unspecified atom stereocenters. The van der Waals surface area contributed by atoms with Crippen molar-refractivity contribution in [2.24, 2.45) is 0 Å². The minimum absolute atomic E-state index is 0.0904. The number of amides is 1. The Kier molecular flexibility index (Phi) is 3.04. The van der Waals surface area contributed by atoms with Crippen molar-refractivity contribution in [3.63, 3.8) is 0 Å². The lowest BCUT2D eigenvalue weighted by molar-refractivity contribution is 0.0695. The highest BCUT2D eigenvalue weighted by Crippen LogP contribution is 2.10. The fraction of sp³-hybridized carbons (Fsp3) is 0.222. The fourth-order valence-electron chi connectivity index (χ4n) is 1.25. The number of aromatic nitrogens is 4. The van der Waals surface area contributed by atoms with Crippen LogP contribution in [0.15, 0.2) is 16.7 Å². The molecular formula is C9H9N5O4. The van der Waals surface area contributed by atoms with E-state index in [-0.39, 0.29) is 11.3 Å². The zero-order valence-electron chi connectivity index (χ0n) is 9.25. The predicted octanol–water partition coefficient (Wildman–Crippen LogP) is -0.0181. The lowest BCUT2D eigenvalue weighted by atomic mass is 10.2. The van der Waals surface area contributed by atoms with Crippen molar-refractivity contribution in [3.8, 4) is 0 Å². The largest absolute Gasteiger partial charge is 0.478 e. The predicted molar refractivity (Wildman–Crippen MR) is 55.7 cm³/mol. The molecule has 2 aromatic heterocycles. The Hall–Kier alpha value is -2.71. The van der Waals surface area contributed by atoms with Crippen LogP contribution >= 0.6 is 0 Å². The summed E-state index contributed by atoms with van der Waals surface area (Å²) in [5.74, 6) is -1.50. The molecule has 0 aromatic carbocycles. The molecule has 94 valence electrons. The molecule has 0 saturated heterocycles. The van der Waals surface area contributed by atoms with Gasteiger partial charge in [-0.05, 0) is 6.92 Å². The second-order valence-electron chi connectivity index (χ2n) is 3.47. The highest BCUT2D eigenvalue weighted by Gasteiger charge is 2.18. The molecule has 2 rings (SSSR count). The van der Waals surface area contributed by atoms with Crippen LogP contribution in [-0.2, 0) is 0 Å². The van der Waals surface area contributed by atoms with E-state index in [0.29, 0.717) is 5.82 Å². The lowest BCUT2D eigenvalue weighted by Gasteiger charge is -2.07. The summed E-state index contributed by atoms with van der Waals surface area (Å²) >= 11 is 0. The van der Waals surface area contributed by atoms with E-state index in [2.05, 4.69) is 25.9 Å². The van der Waals surface area contributed by atoms with Crippen molar-refractivity contribution in [2.75, 3.05) is 0 Å². The van der Waals surface area contributed by atoms with Crippen LogP contribution in [-0.4, -0.2) is 37.6 Å². The third kappa shape index (κ3) is 2.34. The zero-order chi connectivity index (χ0) is 13.1. The van der Waals surface area contributed by atoms with Gasteiger partial charge >= 0.3 is 5.97 Å². The SMILES string of the molecule is CC(NC(=O)c1cc(C(=O)O)co1)c1nn[nH]n1. The van der Waals surface area contributed by atoms with E-state index in [9.17, 15) is 9.59 Å². The first-order valence-corrected chi connectivity index (χ1v) is 4.94. The van der Waals surface area contributed by atoms with Gasteiger partial charge in [0.1, 0.15) is 6.26 Å². The van der Waals surface area contributed by atoms with Gasteiger partial charge in [0.25, 0.3) is 5.91 Å². The topological polar surface area (TPSA) is 134 Å². The van der Waals surface area contributed by atoms with Crippen molar-refractivity contribution in [2.45, 2.75) is 13.0 Å². The summed E-state index contributed by atoms with van der Waals surface area (Å²) in [7, 11) is 0. The number of nitrogens with zero attached hydrogens (tertiary/aromatic N) is 3. The lowest BCUT2D eigenvalue weighted by Crippen LogP contribution is -2.27. The number of carboxylic acid groups (broad SMARTS) is 1. The number of hydrogen-bond donors (Lipinski definition) is 3. The van der Waals surface area contributed by atoms with Crippen molar-refractivity contribution in [3.05, 3.63) is 29.5 Å². The van der Waals surface area contributed by atoms with Crippen molar-refractivity contribution in [1.29, 1.82) is 0 Å². The minimum atomic E-state index is -1.16. The van der Waals surface area contributed by atoms with Crippen molar-refractivity contribution >= 4 is 11.9 Å². The Labute approximate surface area is 100 Å². The molecule has 2 heterocycles. The summed E-state index contributed by atoms with van der Waals surface area (Å²) in [5.41, 5.74) is -0.0904. The molecule has 0 saturated carbocycles. The summed E-state index contributed by atoms with van der Waals surface area (Å²) in [6, 6.07) is 0.662. The van der Waals surface area contributed by atoms with Gasteiger partial charge in [0, 0.05) is 6.07 Å². The summed E-state index contributed by atoms with van der Waals surface area (Å²) < 4.78 is 4.85. The van der Waals surface area contributed by atoms with Crippen LogP contribution in [0, 0.1) is 0 Å². The van der Waals surface area contributed by atoms with Gasteiger partial charge in [-0.3, -0.25) is 4.79 Å². The average molecular weight is 251 g/mol. The molecule has 3 N–H and O–H groups in total. The quantitative estimate of drug-likeness (QED) is 0.695. The third-order valence-corrected chi connectivity index (χ3v) is 2.17. The van der Waals surface area contributed by atoms with Crippen molar-refractivity contribution in [1.82, 2.24) is 25.9 Å². The van der Waals surface area contributed by atoms with Gasteiger partial charge in [-0.1, -0.05) is 5.21 Å². The molecule has 1 atom stereocenters. The number of aromatic amines is 1. The summed E-state index contributed by atoms with van der Waals surface area (Å²) in [6.07, 6.45) is 0.996. The molecule has 0 spiro atoms. The summed E-state index contributed by atoms with van der Waals surface area (Å²) in [5, 5.41) is 24.3. The van der Waals surface area contributed by atoms with Gasteiger partial charge in [0.05, 0.1) is 11.6 Å². The normalized spacial score (nSPS) is 12.1. The molecule has 0 bridgehead atoms. The maximum Gasteiger partial charge on any atom is 0.338 e. The van der Waals surface area contributed by atoms with E-state index in [0.717, 1.165) is 12.3 Å². The Balaban J connectivity index is 2.05. The zero-order valence-corrected chi connectivity index (χ0v) is 9.25. The Morgan fingerprint density at radius 1 is 1.56 bits per heavy atom. The minimum Gasteiger partial charge on any atom is -0.478 e.